The third-order valence-electron chi connectivity index (χ3n) is 4.20. The molecule has 1 unspecified atom stereocenters. The van der Waals surface area contributed by atoms with Crippen molar-refractivity contribution in [1.29, 1.82) is 0 Å². The minimum Gasteiger partial charge on any atom is -0.491 e. The molecule has 150 valence electrons. The zero-order valence-corrected chi connectivity index (χ0v) is 16.9. The van der Waals surface area contributed by atoms with Crippen LogP contribution in [0.25, 0.3) is 0 Å². The van der Waals surface area contributed by atoms with Crippen LogP contribution >= 0.6 is 0 Å². The van der Waals surface area contributed by atoms with Crippen molar-refractivity contribution >= 4 is 27.3 Å². The number of amides is 1. The fourth-order valence-corrected chi connectivity index (χ4v) is 4.02. The number of anilines is 2. The predicted octanol–water partition coefficient (Wildman–Crippen LogP) is 3.03. The first-order chi connectivity index (χ1) is 13.3. The summed E-state index contributed by atoms with van der Waals surface area (Å²) >= 11 is 0. The fraction of sp³-hybridized carbons (Fsp3) is 0.350. The van der Waals surface area contributed by atoms with Crippen LogP contribution in [0.5, 0.6) is 11.5 Å². The number of rotatable bonds is 6. The summed E-state index contributed by atoms with van der Waals surface area (Å²) in [7, 11) is -3.54. The van der Waals surface area contributed by atoms with E-state index in [1.165, 1.54) is 4.31 Å². The average molecular weight is 404 g/mol. The molecule has 1 aliphatic rings. The lowest BCUT2D eigenvalue weighted by molar-refractivity contribution is -0.122. The lowest BCUT2D eigenvalue weighted by atomic mass is 10.2. The molecule has 1 N–H and O–H groups in total. The van der Waals surface area contributed by atoms with Crippen LogP contribution in [0.3, 0.4) is 0 Å². The van der Waals surface area contributed by atoms with E-state index in [2.05, 4.69) is 5.32 Å². The van der Waals surface area contributed by atoms with E-state index in [1.54, 1.807) is 55.5 Å². The Morgan fingerprint density at radius 3 is 2.71 bits per heavy atom. The SMILES string of the molecule is CCS(=O)(=O)N1CC(C(=O)Nc2cccc(OC(C)C)c2)Oc2ccccc21. The summed E-state index contributed by atoms with van der Waals surface area (Å²) in [6, 6.07) is 13.8. The largest absolute Gasteiger partial charge is 0.491 e. The summed E-state index contributed by atoms with van der Waals surface area (Å²) in [6.07, 6.45) is -0.956. The Labute approximate surface area is 165 Å². The van der Waals surface area contributed by atoms with Crippen molar-refractivity contribution in [2.45, 2.75) is 33.0 Å². The number of fused-ring (bicyclic) bond motifs is 1. The standard InChI is InChI=1S/C20H24N2O5S/c1-4-28(24,25)22-13-19(27-18-11-6-5-10-17(18)22)20(23)21-15-8-7-9-16(12-15)26-14(2)3/h5-12,14,19H,4,13H2,1-3H3,(H,21,23). The first kappa shape index (κ1) is 20.0. The van der Waals surface area contributed by atoms with Gasteiger partial charge in [-0.3, -0.25) is 9.10 Å². The molecule has 3 rings (SSSR count). The van der Waals surface area contributed by atoms with Gasteiger partial charge in [0.05, 0.1) is 24.1 Å². The Balaban J connectivity index is 1.81. The Bertz CT molecular complexity index is 959. The zero-order valence-electron chi connectivity index (χ0n) is 16.1. The van der Waals surface area contributed by atoms with Crippen LogP contribution in [0.15, 0.2) is 48.5 Å². The van der Waals surface area contributed by atoms with Crippen LogP contribution < -0.4 is 19.1 Å². The molecule has 7 nitrogen and oxygen atoms in total. The van der Waals surface area contributed by atoms with Gasteiger partial charge in [-0.25, -0.2) is 8.42 Å². The summed E-state index contributed by atoms with van der Waals surface area (Å²) in [5, 5.41) is 2.78. The number of nitrogens with one attached hydrogen (secondary N) is 1. The Kier molecular flexibility index (Phi) is 5.79. The second-order valence-corrected chi connectivity index (χ2v) is 8.87. The second-order valence-electron chi connectivity index (χ2n) is 6.69. The minimum atomic E-state index is -3.54. The van der Waals surface area contributed by atoms with E-state index in [0.29, 0.717) is 22.9 Å². The van der Waals surface area contributed by atoms with E-state index in [-0.39, 0.29) is 18.4 Å². The van der Waals surface area contributed by atoms with Gasteiger partial charge in [0, 0.05) is 11.8 Å². The molecule has 0 radical (unpaired) electrons. The Hall–Kier alpha value is -2.74. The molecule has 0 saturated heterocycles. The van der Waals surface area contributed by atoms with Crippen molar-refractivity contribution in [2.75, 3.05) is 21.9 Å². The number of hydrogen-bond donors (Lipinski definition) is 1. The molecule has 2 aromatic rings. The lowest BCUT2D eigenvalue weighted by Gasteiger charge is -2.34. The number of sulfonamides is 1. The maximum atomic E-state index is 12.8. The molecule has 0 saturated carbocycles. The molecular weight excluding hydrogens is 380 g/mol. The molecule has 0 aliphatic carbocycles. The number of carbonyl (C=O) groups excluding carboxylic acids is 1. The number of benzene rings is 2. The van der Waals surface area contributed by atoms with E-state index in [1.807, 2.05) is 13.8 Å². The van der Waals surface area contributed by atoms with E-state index in [0.717, 1.165) is 0 Å². The third-order valence-corrected chi connectivity index (χ3v) is 5.95. The molecular formula is C20H24N2O5S. The normalized spacial score (nSPS) is 16.3. The maximum absolute atomic E-state index is 12.8. The highest BCUT2D eigenvalue weighted by atomic mass is 32.2. The highest BCUT2D eigenvalue weighted by Crippen LogP contribution is 2.35. The van der Waals surface area contributed by atoms with Crippen LogP contribution in [0.4, 0.5) is 11.4 Å². The van der Waals surface area contributed by atoms with Crippen LogP contribution in [-0.4, -0.2) is 38.8 Å². The number of carbonyl (C=O) groups is 1. The zero-order chi connectivity index (χ0) is 20.3. The molecule has 1 aliphatic heterocycles. The molecule has 0 fully saturated rings. The molecule has 0 bridgehead atoms. The third kappa shape index (κ3) is 4.39. The first-order valence-electron chi connectivity index (χ1n) is 9.14. The van der Waals surface area contributed by atoms with Crippen LogP contribution in [0, 0.1) is 0 Å². The van der Waals surface area contributed by atoms with Crippen molar-refractivity contribution < 1.29 is 22.7 Å². The fourth-order valence-electron chi connectivity index (χ4n) is 2.90. The van der Waals surface area contributed by atoms with E-state index < -0.39 is 22.0 Å². The summed E-state index contributed by atoms with van der Waals surface area (Å²) in [5.41, 5.74) is 0.997. The van der Waals surface area contributed by atoms with Crippen LogP contribution in [-0.2, 0) is 14.8 Å². The van der Waals surface area contributed by atoms with Crippen molar-refractivity contribution in [1.82, 2.24) is 0 Å². The van der Waals surface area contributed by atoms with Gasteiger partial charge in [-0.1, -0.05) is 18.2 Å². The number of hydrogen-bond acceptors (Lipinski definition) is 5. The average Bonchev–Trinajstić information content (AvgIpc) is 2.66. The summed E-state index contributed by atoms with van der Waals surface area (Å²) in [6.45, 7) is 5.33. The maximum Gasteiger partial charge on any atom is 0.267 e. The van der Waals surface area contributed by atoms with Gasteiger partial charge < -0.3 is 14.8 Å². The molecule has 1 heterocycles. The smallest absolute Gasteiger partial charge is 0.267 e. The van der Waals surface area contributed by atoms with Gasteiger partial charge in [-0.2, -0.15) is 0 Å². The van der Waals surface area contributed by atoms with Crippen LogP contribution in [0.2, 0.25) is 0 Å². The molecule has 1 amide bonds. The summed E-state index contributed by atoms with van der Waals surface area (Å²) in [4.78, 5) is 12.8. The summed E-state index contributed by atoms with van der Waals surface area (Å²) < 4.78 is 37.7. The lowest BCUT2D eigenvalue weighted by Crippen LogP contribution is -2.49. The molecule has 2 aromatic carbocycles. The van der Waals surface area contributed by atoms with Gasteiger partial charge >= 0.3 is 0 Å². The minimum absolute atomic E-state index is 0.0111. The molecule has 1 atom stereocenters. The molecule has 8 heteroatoms. The molecule has 0 aromatic heterocycles. The quantitative estimate of drug-likeness (QED) is 0.800. The highest BCUT2D eigenvalue weighted by molar-refractivity contribution is 7.92. The van der Waals surface area contributed by atoms with Gasteiger partial charge in [-0.15, -0.1) is 0 Å². The second kappa shape index (κ2) is 8.10. The monoisotopic (exact) mass is 404 g/mol. The number of ether oxygens (including phenoxy) is 2. The van der Waals surface area contributed by atoms with Gasteiger partial charge in [-0.05, 0) is 45.0 Å². The van der Waals surface area contributed by atoms with Gasteiger partial charge in [0.15, 0.2) is 6.10 Å². The van der Waals surface area contributed by atoms with Gasteiger partial charge in [0.25, 0.3) is 5.91 Å². The van der Waals surface area contributed by atoms with E-state index in [9.17, 15) is 13.2 Å². The van der Waals surface area contributed by atoms with Crippen molar-refractivity contribution in [3.05, 3.63) is 48.5 Å². The number of nitrogens with zero attached hydrogens (tertiary/aromatic N) is 1. The van der Waals surface area contributed by atoms with Crippen LogP contribution in [0.1, 0.15) is 20.8 Å². The molecule has 0 spiro atoms. The van der Waals surface area contributed by atoms with Gasteiger partial charge in [0.1, 0.15) is 11.5 Å². The van der Waals surface area contributed by atoms with Crippen molar-refractivity contribution in [3.8, 4) is 11.5 Å². The number of para-hydroxylation sites is 2. The summed E-state index contributed by atoms with van der Waals surface area (Å²) in [5.74, 6) is 0.512. The molecule has 28 heavy (non-hydrogen) atoms. The Morgan fingerprint density at radius 1 is 1.25 bits per heavy atom. The Morgan fingerprint density at radius 2 is 2.00 bits per heavy atom. The van der Waals surface area contributed by atoms with E-state index in [4.69, 9.17) is 9.47 Å². The topological polar surface area (TPSA) is 84.9 Å². The highest BCUT2D eigenvalue weighted by Gasteiger charge is 2.35. The first-order valence-corrected chi connectivity index (χ1v) is 10.7. The van der Waals surface area contributed by atoms with Gasteiger partial charge in [0.2, 0.25) is 10.0 Å². The van der Waals surface area contributed by atoms with Crippen molar-refractivity contribution in [2.24, 2.45) is 0 Å². The predicted molar refractivity (Wildman–Crippen MR) is 109 cm³/mol. The van der Waals surface area contributed by atoms with Crippen molar-refractivity contribution in [3.63, 3.8) is 0 Å². The van der Waals surface area contributed by atoms with E-state index >= 15 is 0 Å².